The van der Waals surface area contributed by atoms with Crippen molar-refractivity contribution in [3.05, 3.63) is 35.4 Å². The molecule has 23 heavy (non-hydrogen) atoms. The highest BCUT2D eigenvalue weighted by molar-refractivity contribution is 5.88. The van der Waals surface area contributed by atoms with Gasteiger partial charge in [0.1, 0.15) is 6.04 Å². The lowest BCUT2D eigenvalue weighted by molar-refractivity contribution is -0.150. The number of methoxy groups -OCH3 is 1. The summed E-state index contributed by atoms with van der Waals surface area (Å²) in [6.45, 7) is 1.72. The average molecular weight is 329 g/mol. The first kappa shape index (κ1) is 17.3. The van der Waals surface area contributed by atoms with E-state index in [1.807, 2.05) is 0 Å². The zero-order valence-electron chi connectivity index (χ0n) is 12.9. The number of rotatable bonds is 4. The molecule has 1 amide bonds. The van der Waals surface area contributed by atoms with E-state index in [0.717, 1.165) is 12.1 Å². The second kappa shape index (κ2) is 6.60. The van der Waals surface area contributed by atoms with Gasteiger partial charge < -0.3 is 9.64 Å². The van der Waals surface area contributed by atoms with Crippen LogP contribution < -0.4 is 0 Å². The molecular weight excluding hydrogens is 311 g/mol. The van der Waals surface area contributed by atoms with Crippen LogP contribution >= 0.6 is 0 Å². The maximum Gasteiger partial charge on any atom is 0.416 e. The Kier molecular flexibility index (Phi) is 4.97. The number of ether oxygens (including phenoxy) is 1. The predicted octanol–water partition coefficient (Wildman–Crippen LogP) is 2.80. The van der Waals surface area contributed by atoms with Crippen LogP contribution in [0.1, 0.15) is 30.9 Å². The minimum absolute atomic E-state index is 0.181. The zero-order valence-corrected chi connectivity index (χ0v) is 12.9. The van der Waals surface area contributed by atoms with E-state index in [9.17, 15) is 22.8 Å². The third-order valence-electron chi connectivity index (χ3n) is 3.99. The molecule has 126 valence electrons. The molecule has 2 atom stereocenters. The van der Waals surface area contributed by atoms with E-state index in [0.29, 0.717) is 12.0 Å². The van der Waals surface area contributed by atoms with Gasteiger partial charge in [0, 0.05) is 12.5 Å². The Morgan fingerprint density at radius 3 is 2.74 bits per heavy atom. The lowest BCUT2D eigenvalue weighted by Crippen LogP contribution is -2.45. The van der Waals surface area contributed by atoms with Crippen molar-refractivity contribution in [2.75, 3.05) is 7.11 Å². The molecule has 1 aromatic carbocycles. The molecule has 2 unspecified atom stereocenters. The molecule has 1 saturated heterocycles. The quantitative estimate of drug-likeness (QED) is 0.798. The molecule has 4 nitrogen and oxygen atoms in total. The van der Waals surface area contributed by atoms with Crippen molar-refractivity contribution < 1.29 is 27.5 Å². The molecule has 0 aliphatic carbocycles. The van der Waals surface area contributed by atoms with E-state index in [-0.39, 0.29) is 18.7 Å². The lowest BCUT2D eigenvalue weighted by Gasteiger charge is -2.29. The van der Waals surface area contributed by atoms with Crippen LogP contribution in [0, 0.1) is 0 Å². The monoisotopic (exact) mass is 329 g/mol. The highest BCUT2D eigenvalue weighted by atomic mass is 19.4. The predicted molar refractivity (Wildman–Crippen MR) is 76.5 cm³/mol. The SMILES string of the molecule is COC(=O)C1CCC(=O)N1C(C)Cc1cccc(C(F)(F)F)c1. The van der Waals surface area contributed by atoms with Gasteiger partial charge in [-0.25, -0.2) is 4.79 Å². The molecule has 0 spiro atoms. The van der Waals surface area contributed by atoms with Crippen LogP contribution in [0.4, 0.5) is 13.2 Å². The number of carbonyl (C=O) groups is 2. The largest absolute Gasteiger partial charge is 0.467 e. The Bertz CT molecular complexity index is 600. The smallest absolute Gasteiger partial charge is 0.416 e. The van der Waals surface area contributed by atoms with Crippen LogP contribution in [0.2, 0.25) is 0 Å². The third kappa shape index (κ3) is 3.83. The first-order chi connectivity index (χ1) is 10.7. The van der Waals surface area contributed by atoms with Crippen LogP contribution in [0.5, 0.6) is 0 Å². The van der Waals surface area contributed by atoms with Crippen molar-refractivity contribution in [3.63, 3.8) is 0 Å². The van der Waals surface area contributed by atoms with Crippen molar-refractivity contribution in [3.8, 4) is 0 Å². The summed E-state index contributed by atoms with van der Waals surface area (Å²) in [5.41, 5.74) is -0.255. The molecule has 1 aliphatic rings. The van der Waals surface area contributed by atoms with Gasteiger partial charge in [-0.05, 0) is 31.4 Å². The number of nitrogens with zero attached hydrogens (tertiary/aromatic N) is 1. The minimum Gasteiger partial charge on any atom is -0.467 e. The van der Waals surface area contributed by atoms with Gasteiger partial charge in [0.05, 0.1) is 12.7 Å². The number of amides is 1. The summed E-state index contributed by atoms with van der Waals surface area (Å²) in [5, 5.41) is 0. The highest BCUT2D eigenvalue weighted by Crippen LogP contribution is 2.30. The second-order valence-electron chi connectivity index (χ2n) is 5.63. The van der Waals surface area contributed by atoms with E-state index in [4.69, 9.17) is 4.74 Å². The number of hydrogen-bond donors (Lipinski definition) is 0. The number of alkyl halides is 3. The molecule has 0 aromatic heterocycles. The molecular formula is C16H18F3NO3. The van der Waals surface area contributed by atoms with Gasteiger partial charge in [0.2, 0.25) is 5.91 Å². The van der Waals surface area contributed by atoms with Crippen LogP contribution in [0.25, 0.3) is 0 Å². The maximum absolute atomic E-state index is 12.8. The highest BCUT2D eigenvalue weighted by Gasteiger charge is 2.39. The summed E-state index contributed by atoms with van der Waals surface area (Å²) in [4.78, 5) is 25.2. The summed E-state index contributed by atoms with van der Waals surface area (Å²) >= 11 is 0. The van der Waals surface area contributed by atoms with Crippen molar-refractivity contribution >= 4 is 11.9 Å². The summed E-state index contributed by atoms with van der Waals surface area (Å²) in [6.07, 6.45) is -3.55. The molecule has 0 N–H and O–H groups in total. The average Bonchev–Trinajstić information content (AvgIpc) is 2.87. The fraction of sp³-hybridized carbons (Fsp3) is 0.500. The first-order valence-electron chi connectivity index (χ1n) is 7.29. The number of likely N-dealkylation sites (tertiary alicyclic amines) is 1. The summed E-state index contributed by atoms with van der Waals surface area (Å²) in [5.74, 6) is -0.674. The van der Waals surface area contributed by atoms with E-state index in [1.165, 1.54) is 18.1 Å². The molecule has 1 aromatic rings. The molecule has 0 radical (unpaired) electrons. The van der Waals surface area contributed by atoms with Gasteiger partial charge in [-0.2, -0.15) is 13.2 Å². The third-order valence-corrected chi connectivity index (χ3v) is 3.99. The normalized spacial score (nSPS) is 19.8. The number of halogens is 3. The lowest BCUT2D eigenvalue weighted by atomic mass is 10.0. The number of hydrogen-bond acceptors (Lipinski definition) is 3. The summed E-state index contributed by atoms with van der Waals surface area (Å²) in [6, 6.07) is 3.95. The van der Waals surface area contributed by atoms with E-state index in [2.05, 4.69) is 0 Å². The first-order valence-corrected chi connectivity index (χ1v) is 7.29. The molecule has 7 heteroatoms. The number of esters is 1. The van der Waals surface area contributed by atoms with Gasteiger partial charge >= 0.3 is 12.1 Å². The van der Waals surface area contributed by atoms with Gasteiger partial charge in [0.15, 0.2) is 0 Å². The van der Waals surface area contributed by atoms with E-state index in [1.54, 1.807) is 13.0 Å². The Hall–Kier alpha value is -2.05. The number of carbonyl (C=O) groups excluding carboxylic acids is 2. The molecule has 0 saturated carbocycles. The Labute approximate surface area is 132 Å². The van der Waals surface area contributed by atoms with Crippen LogP contribution in [0.15, 0.2) is 24.3 Å². The molecule has 0 bridgehead atoms. The van der Waals surface area contributed by atoms with E-state index < -0.39 is 29.8 Å². The molecule has 1 aliphatic heterocycles. The second-order valence-corrected chi connectivity index (χ2v) is 5.63. The molecule has 2 rings (SSSR count). The summed E-state index contributed by atoms with van der Waals surface area (Å²) in [7, 11) is 1.25. The minimum atomic E-state index is -4.41. The Morgan fingerprint density at radius 2 is 2.13 bits per heavy atom. The van der Waals surface area contributed by atoms with Crippen LogP contribution in [-0.4, -0.2) is 36.0 Å². The summed E-state index contributed by atoms with van der Waals surface area (Å²) < 4.78 is 43.0. The van der Waals surface area contributed by atoms with Crippen molar-refractivity contribution in [1.82, 2.24) is 4.90 Å². The van der Waals surface area contributed by atoms with Crippen molar-refractivity contribution in [2.24, 2.45) is 0 Å². The zero-order chi connectivity index (χ0) is 17.2. The van der Waals surface area contributed by atoms with E-state index >= 15 is 0 Å². The Balaban J connectivity index is 2.16. The van der Waals surface area contributed by atoms with Gasteiger partial charge in [-0.1, -0.05) is 18.2 Å². The van der Waals surface area contributed by atoms with Gasteiger partial charge in [-0.15, -0.1) is 0 Å². The van der Waals surface area contributed by atoms with Gasteiger partial charge in [-0.3, -0.25) is 4.79 Å². The number of benzene rings is 1. The standard InChI is InChI=1S/C16H18F3NO3/c1-10(20-13(15(22)23-2)6-7-14(20)21)8-11-4-3-5-12(9-11)16(17,18)19/h3-5,9-10,13H,6-8H2,1-2H3. The van der Waals surface area contributed by atoms with Crippen molar-refractivity contribution in [2.45, 2.75) is 44.4 Å². The topological polar surface area (TPSA) is 46.6 Å². The van der Waals surface area contributed by atoms with Gasteiger partial charge in [0.25, 0.3) is 0 Å². The molecule has 1 fully saturated rings. The van der Waals surface area contributed by atoms with Crippen LogP contribution in [-0.2, 0) is 26.9 Å². The molecule has 1 heterocycles. The fourth-order valence-electron chi connectivity index (χ4n) is 2.94. The fourth-order valence-corrected chi connectivity index (χ4v) is 2.94. The van der Waals surface area contributed by atoms with Crippen molar-refractivity contribution in [1.29, 1.82) is 0 Å². The van der Waals surface area contributed by atoms with Crippen LogP contribution in [0.3, 0.4) is 0 Å². The Morgan fingerprint density at radius 1 is 1.43 bits per heavy atom. The maximum atomic E-state index is 12.8.